The Morgan fingerprint density at radius 3 is 2.83 bits per heavy atom. The van der Waals surface area contributed by atoms with E-state index in [1.807, 2.05) is 29.0 Å². The summed E-state index contributed by atoms with van der Waals surface area (Å²) in [6, 6.07) is 11.4. The zero-order chi connectivity index (χ0) is 20.9. The van der Waals surface area contributed by atoms with Crippen LogP contribution in [0.3, 0.4) is 0 Å². The van der Waals surface area contributed by atoms with Crippen LogP contribution in [-0.4, -0.2) is 33.6 Å². The van der Waals surface area contributed by atoms with E-state index in [0.29, 0.717) is 17.4 Å². The molecule has 0 saturated heterocycles. The minimum Gasteiger partial charge on any atom is -0.484 e. The highest BCUT2D eigenvalue weighted by molar-refractivity contribution is 9.10. The molecule has 0 unspecified atom stereocenters. The third-order valence-electron chi connectivity index (χ3n) is 4.40. The second-order valence-corrected chi connectivity index (χ2v) is 8.48. The van der Waals surface area contributed by atoms with E-state index in [2.05, 4.69) is 25.9 Å². The van der Waals surface area contributed by atoms with Gasteiger partial charge in [-0.25, -0.2) is 14.4 Å². The topological polar surface area (TPSA) is 60.2 Å². The Morgan fingerprint density at radius 2 is 2.07 bits per heavy atom. The van der Waals surface area contributed by atoms with Gasteiger partial charge in [0.25, 0.3) is 5.91 Å². The van der Waals surface area contributed by atoms with Gasteiger partial charge < -0.3 is 9.30 Å². The first-order valence-electron chi connectivity index (χ1n) is 9.29. The number of carbonyl (C=O) groups is 1. The molecule has 2 aromatic carbocycles. The van der Waals surface area contributed by atoms with Gasteiger partial charge in [-0.2, -0.15) is 0 Å². The van der Waals surface area contributed by atoms with Crippen LogP contribution in [0.15, 0.2) is 65.7 Å². The number of hydrogen-bond donors (Lipinski definition) is 0. The quantitative estimate of drug-likeness (QED) is 0.354. The number of carbonyl (C=O) groups excluding carboxylic acids is 1. The number of benzene rings is 2. The number of hydrogen-bond acceptors (Lipinski definition) is 5. The van der Waals surface area contributed by atoms with Crippen molar-refractivity contribution in [2.75, 3.05) is 18.1 Å². The molecule has 2 heterocycles. The number of ether oxygens (including phenoxy) is 1. The van der Waals surface area contributed by atoms with Gasteiger partial charge >= 0.3 is 0 Å². The average molecular weight is 489 g/mol. The number of halogens is 2. The van der Waals surface area contributed by atoms with E-state index < -0.39 is 0 Å². The van der Waals surface area contributed by atoms with Crippen molar-refractivity contribution in [3.8, 4) is 5.75 Å². The van der Waals surface area contributed by atoms with Gasteiger partial charge in [0.05, 0.1) is 16.5 Å². The Hall–Kier alpha value is -2.78. The molecule has 0 aliphatic carbocycles. The van der Waals surface area contributed by atoms with Crippen LogP contribution in [0, 0.1) is 5.82 Å². The second-order valence-electron chi connectivity index (χ2n) is 6.55. The number of aromatic nitrogens is 3. The maximum absolute atomic E-state index is 13.1. The SMILES string of the molecule is O=C(COc1ccc(F)cc1)N(CCCn1ccnc1)c1nc2ccc(Br)cc2s1. The van der Waals surface area contributed by atoms with Gasteiger partial charge in [0.1, 0.15) is 11.6 Å². The van der Waals surface area contributed by atoms with Gasteiger partial charge in [0.2, 0.25) is 0 Å². The number of amides is 1. The fourth-order valence-electron chi connectivity index (χ4n) is 2.91. The molecule has 30 heavy (non-hydrogen) atoms. The molecular weight excluding hydrogens is 471 g/mol. The smallest absolute Gasteiger partial charge is 0.266 e. The van der Waals surface area contributed by atoms with Crippen molar-refractivity contribution in [2.45, 2.75) is 13.0 Å². The van der Waals surface area contributed by atoms with Crippen molar-refractivity contribution < 1.29 is 13.9 Å². The van der Waals surface area contributed by atoms with E-state index >= 15 is 0 Å². The van der Waals surface area contributed by atoms with Gasteiger partial charge in [-0.05, 0) is 48.9 Å². The van der Waals surface area contributed by atoms with Crippen LogP contribution in [0.1, 0.15) is 6.42 Å². The summed E-state index contributed by atoms with van der Waals surface area (Å²) in [5.41, 5.74) is 0.838. The molecule has 0 N–H and O–H groups in total. The molecule has 0 atom stereocenters. The molecule has 0 fully saturated rings. The van der Waals surface area contributed by atoms with Gasteiger partial charge in [0.15, 0.2) is 11.7 Å². The van der Waals surface area contributed by atoms with Gasteiger partial charge in [-0.15, -0.1) is 0 Å². The molecule has 1 amide bonds. The van der Waals surface area contributed by atoms with Gasteiger partial charge in [-0.1, -0.05) is 27.3 Å². The molecule has 2 aromatic heterocycles. The lowest BCUT2D eigenvalue weighted by Gasteiger charge is -2.20. The standard InChI is InChI=1S/C21H18BrFN4O2S/c22-15-2-7-18-19(12-15)30-21(25-18)27(10-1-9-26-11-8-24-14-26)20(28)13-29-17-5-3-16(23)4-6-17/h2-8,11-12,14H,1,9-10,13H2. The van der Waals surface area contributed by atoms with Crippen LogP contribution >= 0.6 is 27.3 Å². The Balaban J connectivity index is 1.50. The van der Waals surface area contributed by atoms with Crippen molar-refractivity contribution >= 4 is 48.5 Å². The fraction of sp³-hybridized carbons (Fsp3) is 0.190. The average Bonchev–Trinajstić information content (AvgIpc) is 3.40. The number of fused-ring (bicyclic) bond motifs is 1. The molecule has 0 radical (unpaired) electrons. The summed E-state index contributed by atoms with van der Waals surface area (Å²) in [5, 5.41) is 0.626. The number of imidazole rings is 1. The first kappa shape index (κ1) is 20.5. The molecule has 6 nitrogen and oxygen atoms in total. The summed E-state index contributed by atoms with van der Waals surface area (Å²) in [6.45, 7) is 1.07. The summed E-state index contributed by atoms with van der Waals surface area (Å²) in [7, 11) is 0. The van der Waals surface area contributed by atoms with Gasteiger partial charge in [-0.3, -0.25) is 9.69 Å². The van der Waals surface area contributed by atoms with Crippen molar-refractivity contribution in [3.63, 3.8) is 0 Å². The van der Waals surface area contributed by atoms with Crippen LogP contribution in [-0.2, 0) is 11.3 Å². The molecular formula is C21H18BrFN4O2S. The summed E-state index contributed by atoms with van der Waals surface area (Å²) >= 11 is 4.93. The Labute approximate surface area is 185 Å². The minimum atomic E-state index is -0.351. The lowest BCUT2D eigenvalue weighted by Crippen LogP contribution is -2.36. The maximum Gasteiger partial charge on any atom is 0.266 e. The second kappa shape index (κ2) is 9.36. The van der Waals surface area contributed by atoms with Crippen LogP contribution in [0.5, 0.6) is 5.75 Å². The highest BCUT2D eigenvalue weighted by atomic mass is 79.9. The molecule has 9 heteroatoms. The lowest BCUT2D eigenvalue weighted by atomic mass is 10.3. The van der Waals surface area contributed by atoms with Crippen LogP contribution in [0.25, 0.3) is 10.2 Å². The summed E-state index contributed by atoms with van der Waals surface area (Å²) in [6.07, 6.45) is 6.10. The third kappa shape index (κ3) is 5.03. The monoisotopic (exact) mass is 488 g/mol. The Kier molecular flexibility index (Phi) is 6.39. The van der Waals surface area contributed by atoms with E-state index in [0.717, 1.165) is 27.7 Å². The first-order chi connectivity index (χ1) is 14.6. The summed E-state index contributed by atoms with van der Waals surface area (Å²) in [4.78, 5) is 23.3. The predicted octanol–water partition coefficient (Wildman–Crippen LogP) is 4.90. The molecule has 0 saturated carbocycles. The van der Waals surface area contributed by atoms with Crippen LogP contribution in [0.4, 0.5) is 9.52 Å². The van der Waals surface area contributed by atoms with Crippen LogP contribution in [0.2, 0.25) is 0 Å². The zero-order valence-electron chi connectivity index (χ0n) is 15.9. The molecule has 154 valence electrons. The van der Waals surface area contributed by atoms with E-state index in [-0.39, 0.29) is 18.3 Å². The maximum atomic E-state index is 13.1. The van der Waals surface area contributed by atoms with E-state index in [1.165, 1.54) is 35.6 Å². The van der Waals surface area contributed by atoms with Crippen molar-refractivity contribution in [1.82, 2.24) is 14.5 Å². The molecule has 0 aliphatic rings. The normalized spacial score (nSPS) is 11.0. The molecule has 0 spiro atoms. The largest absolute Gasteiger partial charge is 0.484 e. The van der Waals surface area contributed by atoms with Gasteiger partial charge in [0, 0.05) is 30.0 Å². The molecule has 4 rings (SSSR count). The van der Waals surface area contributed by atoms with E-state index in [1.54, 1.807) is 17.4 Å². The summed E-state index contributed by atoms with van der Waals surface area (Å²) in [5.74, 6) is -0.116. The van der Waals surface area contributed by atoms with E-state index in [9.17, 15) is 9.18 Å². The Bertz CT molecular complexity index is 1130. The first-order valence-corrected chi connectivity index (χ1v) is 10.9. The van der Waals surface area contributed by atoms with Crippen molar-refractivity contribution in [2.24, 2.45) is 0 Å². The van der Waals surface area contributed by atoms with Crippen LogP contribution < -0.4 is 9.64 Å². The molecule has 0 bridgehead atoms. The zero-order valence-corrected chi connectivity index (χ0v) is 18.3. The molecule has 0 aliphatic heterocycles. The fourth-order valence-corrected chi connectivity index (χ4v) is 4.47. The number of anilines is 1. The Morgan fingerprint density at radius 1 is 1.23 bits per heavy atom. The predicted molar refractivity (Wildman–Crippen MR) is 118 cm³/mol. The molecule has 4 aromatic rings. The highest BCUT2D eigenvalue weighted by Crippen LogP contribution is 2.31. The third-order valence-corrected chi connectivity index (χ3v) is 5.94. The number of aryl methyl sites for hydroxylation is 1. The number of thiazole rings is 1. The number of rotatable bonds is 8. The summed E-state index contributed by atoms with van der Waals surface area (Å²) < 4.78 is 22.6. The minimum absolute atomic E-state index is 0.156. The highest BCUT2D eigenvalue weighted by Gasteiger charge is 2.20. The van der Waals surface area contributed by atoms with Crippen molar-refractivity contribution in [1.29, 1.82) is 0 Å². The van der Waals surface area contributed by atoms with E-state index in [4.69, 9.17) is 4.74 Å². The lowest BCUT2D eigenvalue weighted by molar-refractivity contribution is -0.120. The number of nitrogens with zero attached hydrogens (tertiary/aromatic N) is 4. The van der Waals surface area contributed by atoms with Crippen molar-refractivity contribution in [3.05, 3.63) is 71.5 Å².